The molecule has 0 unspecified atom stereocenters. The third kappa shape index (κ3) is 7.37. The van der Waals surface area contributed by atoms with E-state index in [1.807, 2.05) is 6.92 Å². The maximum absolute atomic E-state index is 12.0. The van der Waals surface area contributed by atoms with Gasteiger partial charge in [-0.1, -0.05) is 45.2 Å². The molecule has 0 aliphatic heterocycles. The van der Waals surface area contributed by atoms with Gasteiger partial charge in [-0.3, -0.25) is 4.79 Å². The highest BCUT2D eigenvalue weighted by Crippen LogP contribution is 2.23. The van der Waals surface area contributed by atoms with Crippen LogP contribution in [0.3, 0.4) is 0 Å². The van der Waals surface area contributed by atoms with E-state index in [0.29, 0.717) is 18.5 Å². The van der Waals surface area contributed by atoms with Crippen molar-refractivity contribution in [2.45, 2.75) is 52.4 Å². The summed E-state index contributed by atoms with van der Waals surface area (Å²) >= 11 is 0. The molecule has 0 bridgehead atoms. The number of amides is 1. The number of benzene rings is 1. The Balaban J connectivity index is 2.47. The van der Waals surface area contributed by atoms with Crippen LogP contribution in [-0.4, -0.2) is 17.8 Å². The number of carbonyl (C=O) groups is 3. The van der Waals surface area contributed by atoms with Crippen LogP contribution in [0.1, 0.15) is 62.7 Å². The quantitative estimate of drug-likeness (QED) is 0.608. The molecule has 0 aliphatic carbocycles. The van der Waals surface area contributed by atoms with Crippen LogP contribution < -0.4 is 15.5 Å². The molecule has 6 nitrogen and oxygen atoms in total. The van der Waals surface area contributed by atoms with Gasteiger partial charge < -0.3 is 25.1 Å². The highest BCUT2D eigenvalue weighted by molar-refractivity contribution is 5.92. The first kappa shape index (κ1) is 20.7. The number of unbranched alkanes of at least 4 members (excludes halogenated alkanes) is 2. The molecule has 0 aromatic heterocycles. The largest absolute Gasteiger partial charge is 0.550 e. The van der Waals surface area contributed by atoms with Crippen molar-refractivity contribution in [3.8, 4) is 0 Å². The number of carboxylic acids is 2. The summed E-state index contributed by atoms with van der Waals surface area (Å²) in [5, 5.41) is 24.6. The van der Waals surface area contributed by atoms with Gasteiger partial charge in [-0.25, -0.2) is 0 Å². The van der Waals surface area contributed by atoms with E-state index >= 15 is 0 Å². The van der Waals surface area contributed by atoms with Gasteiger partial charge in [0.1, 0.15) is 0 Å². The second-order valence-electron chi connectivity index (χ2n) is 6.35. The van der Waals surface area contributed by atoms with E-state index in [-0.39, 0.29) is 23.8 Å². The zero-order valence-corrected chi connectivity index (χ0v) is 14.7. The fourth-order valence-electron chi connectivity index (χ4n) is 2.72. The Labute approximate surface area is 148 Å². The lowest BCUT2D eigenvalue weighted by Crippen LogP contribution is -2.35. The lowest BCUT2D eigenvalue weighted by atomic mass is 9.86. The van der Waals surface area contributed by atoms with E-state index in [1.165, 1.54) is 24.3 Å². The average Bonchev–Trinajstić information content (AvgIpc) is 2.56. The Morgan fingerprint density at radius 3 is 2.20 bits per heavy atom. The molecule has 2 atom stereocenters. The molecule has 0 fully saturated rings. The zero-order chi connectivity index (χ0) is 18.8. The Kier molecular flexibility index (Phi) is 8.67. The van der Waals surface area contributed by atoms with Crippen molar-refractivity contribution in [1.29, 1.82) is 0 Å². The molecule has 0 spiro atoms. The van der Waals surface area contributed by atoms with Crippen LogP contribution in [0.15, 0.2) is 24.3 Å². The summed E-state index contributed by atoms with van der Waals surface area (Å²) in [6.45, 7) is 3.88. The number of aliphatic carboxylic acids is 1. The molecule has 0 heterocycles. The van der Waals surface area contributed by atoms with Crippen molar-refractivity contribution < 1.29 is 24.6 Å². The molecule has 0 aliphatic rings. The van der Waals surface area contributed by atoms with E-state index in [9.17, 15) is 24.6 Å². The monoisotopic (exact) mass is 347 g/mol. The van der Waals surface area contributed by atoms with E-state index in [0.717, 1.165) is 19.3 Å². The predicted octanol–water partition coefficient (Wildman–Crippen LogP) is 1.35. The van der Waals surface area contributed by atoms with Crippen molar-refractivity contribution in [2.75, 3.05) is 5.32 Å². The van der Waals surface area contributed by atoms with Crippen molar-refractivity contribution >= 4 is 23.5 Å². The molecule has 25 heavy (non-hydrogen) atoms. The van der Waals surface area contributed by atoms with Gasteiger partial charge in [0.15, 0.2) is 0 Å². The third-order valence-corrected chi connectivity index (χ3v) is 4.34. The summed E-state index contributed by atoms with van der Waals surface area (Å²) in [6.07, 6.45) is 4.07. The number of anilines is 1. The Hall–Kier alpha value is -2.37. The maximum Gasteiger partial charge on any atom is 0.224 e. The molecule has 1 aromatic rings. The average molecular weight is 347 g/mol. The van der Waals surface area contributed by atoms with Crippen molar-refractivity contribution in [3.05, 3.63) is 29.8 Å². The topological polar surface area (TPSA) is 109 Å². The first-order valence-electron chi connectivity index (χ1n) is 8.67. The van der Waals surface area contributed by atoms with Crippen LogP contribution in [-0.2, 0) is 9.59 Å². The smallest absolute Gasteiger partial charge is 0.224 e. The van der Waals surface area contributed by atoms with Crippen LogP contribution in [0.2, 0.25) is 0 Å². The van der Waals surface area contributed by atoms with Crippen molar-refractivity contribution in [1.82, 2.24) is 0 Å². The van der Waals surface area contributed by atoms with Gasteiger partial charge in [0.05, 0.1) is 5.97 Å². The molecule has 0 radical (unpaired) electrons. The van der Waals surface area contributed by atoms with Crippen molar-refractivity contribution in [3.63, 3.8) is 0 Å². The number of carbonyl (C=O) groups excluding carboxylic acids is 3. The van der Waals surface area contributed by atoms with E-state index in [2.05, 4.69) is 12.2 Å². The molecule has 0 saturated heterocycles. The standard InChI is InChI=1S/C19H27NO5/c1-3-4-5-6-16(19(24)25)13(2)7-12-17(21)20-15-10-8-14(9-11-15)18(22)23/h8-11,13,16H,3-7,12H2,1-2H3,(H,20,21)(H,22,23)(H,24,25)/p-2/t13-,16+/m1/s1. The van der Waals surface area contributed by atoms with Crippen molar-refractivity contribution in [2.24, 2.45) is 11.8 Å². The highest BCUT2D eigenvalue weighted by Gasteiger charge is 2.19. The molecule has 0 saturated carbocycles. The van der Waals surface area contributed by atoms with Gasteiger partial charge in [0, 0.05) is 24.0 Å². The Morgan fingerprint density at radius 1 is 1.04 bits per heavy atom. The minimum absolute atomic E-state index is 0.0375. The molecular formula is C19H25NO5-2. The second kappa shape index (κ2) is 10.5. The molecule has 1 amide bonds. The minimum atomic E-state index is -1.27. The Morgan fingerprint density at radius 2 is 1.68 bits per heavy atom. The third-order valence-electron chi connectivity index (χ3n) is 4.34. The van der Waals surface area contributed by atoms with E-state index in [1.54, 1.807) is 0 Å². The SMILES string of the molecule is CCCCC[C@H](C(=O)[O-])[C@H](C)CCC(=O)Nc1ccc(C(=O)[O-])cc1. The minimum Gasteiger partial charge on any atom is -0.550 e. The first-order chi connectivity index (χ1) is 11.8. The molecule has 6 heteroatoms. The Bertz CT molecular complexity index is 582. The van der Waals surface area contributed by atoms with Gasteiger partial charge in [-0.05, 0) is 36.5 Å². The van der Waals surface area contributed by atoms with Crippen LogP contribution in [0.25, 0.3) is 0 Å². The van der Waals surface area contributed by atoms with Gasteiger partial charge in [-0.2, -0.15) is 0 Å². The van der Waals surface area contributed by atoms with Gasteiger partial charge in [0.2, 0.25) is 5.91 Å². The van der Waals surface area contributed by atoms with E-state index in [4.69, 9.17) is 0 Å². The summed E-state index contributed by atoms with van der Waals surface area (Å²) in [6, 6.07) is 5.68. The molecule has 1 rings (SSSR count). The summed E-state index contributed by atoms with van der Waals surface area (Å²) in [4.78, 5) is 34.0. The lowest BCUT2D eigenvalue weighted by Gasteiger charge is -2.24. The predicted molar refractivity (Wildman–Crippen MR) is 90.4 cm³/mol. The summed E-state index contributed by atoms with van der Waals surface area (Å²) in [5.74, 6) is -3.25. The van der Waals surface area contributed by atoms with Crippen LogP contribution in [0, 0.1) is 11.8 Å². The number of carboxylic acid groups (broad SMARTS) is 2. The normalized spacial score (nSPS) is 13.0. The number of hydrogen-bond acceptors (Lipinski definition) is 5. The van der Waals surface area contributed by atoms with Crippen LogP contribution in [0.4, 0.5) is 5.69 Å². The van der Waals surface area contributed by atoms with Gasteiger partial charge in [-0.15, -0.1) is 0 Å². The van der Waals surface area contributed by atoms with Gasteiger partial charge in [0.25, 0.3) is 0 Å². The number of hydrogen-bond donors (Lipinski definition) is 1. The number of aromatic carboxylic acids is 1. The first-order valence-corrected chi connectivity index (χ1v) is 8.67. The summed E-state index contributed by atoms with van der Waals surface area (Å²) in [5.41, 5.74) is 0.526. The molecule has 1 N–H and O–H groups in total. The fraction of sp³-hybridized carbons (Fsp3) is 0.526. The lowest BCUT2D eigenvalue weighted by molar-refractivity contribution is -0.313. The van der Waals surface area contributed by atoms with Crippen LogP contribution in [0.5, 0.6) is 0 Å². The summed E-state index contributed by atoms with van der Waals surface area (Å²) in [7, 11) is 0. The zero-order valence-electron chi connectivity index (χ0n) is 14.7. The molecule has 138 valence electrons. The number of rotatable bonds is 11. The van der Waals surface area contributed by atoms with E-state index < -0.39 is 17.9 Å². The number of nitrogens with one attached hydrogen (secondary N) is 1. The fourth-order valence-corrected chi connectivity index (χ4v) is 2.72. The molecular weight excluding hydrogens is 322 g/mol. The van der Waals surface area contributed by atoms with Crippen LogP contribution >= 0.6 is 0 Å². The molecule has 1 aromatic carbocycles. The van der Waals surface area contributed by atoms with Gasteiger partial charge >= 0.3 is 0 Å². The highest BCUT2D eigenvalue weighted by atomic mass is 16.4. The second-order valence-corrected chi connectivity index (χ2v) is 6.35. The maximum atomic E-state index is 12.0. The summed E-state index contributed by atoms with van der Waals surface area (Å²) < 4.78 is 0.